The molecule has 1 aliphatic rings. The molecule has 1 saturated heterocycles. The standard InChI is InChI=1S/C24H23BrN2O/c25-22-8-4-5-9-23(22)26-21-14-16-27(17-15-21)24(28)20-12-10-19(11-13-20)18-6-2-1-3-7-18/h1-13,21,26H,14-17H2. The Hall–Kier alpha value is -2.59. The Bertz CT molecular complexity index is 932. The van der Waals surface area contributed by atoms with E-state index in [4.69, 9.17) is 0 Å². The van der Waals surface area contributed by atoms with Gasteiger partial charge in [0.1, 0.15) is 0 Å². The first-order chi connectivity index (χ1) is 13.7. The third-order valence-electron chi connectivity index (χ3n) is 5.25. The summed E-state index contributed by atoms with van der Waals surface area (Å²) in [5, 5.41) is 3.59. The smallest absolute Gasteiger partial charge is 0.253 e. The molecule has 0 saturated carbocycles. The summed E-state index contributed by atoms with van der Waals surface area (Å²) < 4.78 is 1.08. The number of hydrogen-bond donors (Lipinski definition) is 1. The quantitative estimate of drug-likeness (QED) is 0.559. The van der Waals surface area contributed by atoms with Gasteiger partial charge in [0.2, 0.25) is 0 Å². The van der Waals surface area contributed by atoms with Gasteiger partial charge < -0.3 is 10.2 Å². The second-order valence-electron chi connectivity index (χ2n) is 7.13. The van der Waals surface area contributed by atoms with Crippen molar-refractivity contribution in [1.29, 1.82) is 0 Å². The summed E-state index contributed by atoms with van der Waals surface area (Å²) in [6, 6.07) is 26.7. The lowest BCUT2D eigenvalue weighted by Crippen LogP contribution is -2.42. The van der Waals surface area contributed by atoms with Gasteiger partial charge in [-0.3, -0.25) is 4.79 Å². The maximum absolute atomic E-state index is 12.9. The van der Waals surface area contributed by atoms with E-state index in [1.165, 1.54) is 5.56 Å². The van der Waals surface area contributed by atoms with Crippen LogP contribution in [0.3, 0.4) is 0 Å². The van der Waals surface area contributed by atoms with E-state index < -0.39 is 0 Å². The van der Waals surface area contributed by atoms with Crippen LogP contribution in [0.1, 0.15) is 23.2 Å². The lowest BCUT2D eigenvalue weighted by atomic mass is 10.0. The van der Waals surface area contributed by atoms with Crippen molar-refractivity contribution < 1.29 is 4.79 Å². The first-order valence-corrected chi connectivity index (χ1v) is 10.5. The molecule has 3 nitrogen and oxygen atoms in total. The molecular formula is C24H23BrN2O. The number of carbonyl (C=O) groups is 1. The third-order valence-corrected chi connectivity index (χ3v) is 5.95. The highest BCUT2D eigenvalue weighted by atomic mass is 79.9. The van der Waals surface area contributed by atoms with Crippen molar-refractivity contribution in [2.75, 3.05) is 18.4 Å². The van der Waals surface area contributed by atoms with Crippen molar-refractivity contribution in [3.63, 3.8) is 0 Å². The van der Waals surface area contributed by atoms with Crippen LogP contribution in [0.4, 0.5) is 5.69 Å². The van der Waals surface area contributed by atoms with Crippen LogP contribution in [0.5, 0.6) is 0 Å². The molecular weight excluding hydrogens is 412 g/mol. The van der Waals surface area contributed by atoms with Crippen molar-refractivity contribution in [3.05, 3.63) is 88.9 Å². The minimum absolute atomic E-state index is 0.124. The maximum Gasteiger partial charge on any atom is 0.253 e. The predicted octanol–water partition coefficient (Wildman–Crippen LogP) is 5.83. The largest absolute Gasteiger partial charge is 0.381 e. The van der Waals surface area contributed by atoms with Crippen molar-refractivity contribution in [2.24, 2.45) is 0 Å². The number of carbonyl (C=O) groups excluding carboxylic acids is 1. The number of anilines is 1. The topological polar surface area (TPSA) is 32.3 Å². The Morgan fingerprint density at radius 2 is 1.43 bits per heavy atom. The molecule has 0 bridgehead atoms. The predicted molar refractivity (Wildman–Crippen MR) is 119 cm³/mol. The number of benzene rings is 3. The Morgan fingerprint density at radius 1 is 0.821 bits per heavy atom. The van der Waals surface area contributed by atoms with Crippen molar-refractivity contribution >= 4 is 27.5 Å². The Labute approximate surface area is 174 Å². The fourth-order valence-electron chi connectivity index (χ4n) is 3.64. The highest BCUT2D eigenvalue weighted by molar-refractivity contribution is 9.10. The molecule has 1 fully saturated rings. The van der Waals surface area contributed by atoms with E-state index in [2.05, 4.69) is 39.4 Å². The van der Waals surface area contributed by atoms with Gasteiger partial charge in [-0.1, -0.05) is 54.6 Å². The lowest BCUT2D eigenvalue weighted by Gasteiger charge is -2.33. The zero-order valence-electron chi connectivity index (χ0n) is 15.6. The average molecular weight is 435 g/mol. The van der Waals surface area contributed by atoms with Crippen LogP contribution in [0.2, 0.25) is 0 Å². The fraction of sp³-hybridized carbons (Fsp3) is 0.208. The van der Waals surface area contributed by atoms with Gasteiger partial charge in [0.25, 0.3) is 5.91 Å². The summed E-state index contributed by atoms with van der Waals surface area (Å²) in [6.45, 7) is 1.56. The molecule has 1 amide bonds. The minimum atomic E-state index is 0.124. The molecule has 0 radical (unpaired) electrons. The Kier molecular flexibility index (Phi) is 5.77. The van der Waals surface area contributed by atoms with E-state index in [0.29, 0.717) is 6.04 Å². The van der Waals surface area contributed by atoms with Gasteiger partial charge in [0.05, 0.1) is 0 Å². The molecule has 1 heterocycles. The molecule has 3 aromatic carbocycles. The van der Waals surface area contributed by atoms with Crippen LogP contribution < -0.4 is 5.32 Å². The summed E-state index contributed by atoms with van der Waals surface area (Å²) in [4.78, 5) is 14.8. The molecule has 28 heavy (non-hydrogen) atoms. The zero-order chi connectivity index (χ0) is 19.3. The lowest BCUT2D eigenvalue weighted by molar-refractivity contribution is 0.0718. The number of rotatable bonds is 4. The Morgan fingerprint density at radius 3 is 2.11 bits per heavy atom. The molecule has 1 aliphatic heterocycles. The summed E-state index contributed by atoms with van der Waals surface area (Å²) in [5.74, 6) is 0.124. The molecule has 0 unspecified atom stereocenters. The first-order valence-electron chi connectivity index (χ1n) is 9.66. The van der Waals surface area contributed by atoms with Crippen molar-refractivity contribution in [3.8, 4) is 11.1 Å². The molecule has 0 spiro atoms. The summed E-state index contributed by atoms with van der Waals surface area (Å²) >= 11 is 3.58. The monoisotopic (exact) mass is 434 g/mol. The molecule has 3 aromatic rings. The van der Waals surface area contributed by atoms with Gasteiger partial charge in [-0.2, -0.15) is 0 Å². The van der Waals surface area contributed by atoms with E-state index in [9.17, 15) is 4.79 Å². The number of hydrogen-bond acceptors (Lipinski definition) is 2. The fourth-order valence-corrected chi connectivity index (χ4v) is 4.04. The van der Waals surface area contributed by atoms with Gasteiger partial charge >= 0.3 is 0 Å². The number of amides is 1. The van der Waals surface area contributed by atoms with E-state index in [1.54, 1.807) is 0 Å². The number of para-hydroxylation sites is 1. The van der Waals surface area contributed by atoms with Gasteiger partial charge in [-0.15, -0.1) is 0 Å². The van der Waals surface area contributed by atoms with Crippen LogP contribution in [0, 0.1) is 0 Å². The number of nitrogens with zero attached hydrogens (tertiary/aromatic N) is 1. The first kappa shape index (κ1) is 18.8. The summed E-state index contributed by atoms with van der Waals surface area (Å²) in [5.41, 5.74) is 4.18. The van der Waals surface area contributed by atoms with E-state index >= 15 is 0 Å². The molecule has 0 aliphatic carbocycles. The van der Waals surface area contributed by atoms with E-state index in [-0.39, 0.29) is 5.91 Å². The number of halogens is 1. The number of piperidine rings is 1. The molecule has 0 atom stereocenters. The normalized spacial score (nSPS) is 14.7. The molecule has 142 valence electrons. The second-order valence-corrected chi connectivity index (χ2v) is 7.99. The summed E-state index contributed by atoms with van der Waals surface area (Å²) in [7, 11) is 0. The van der Waals surface area contributed by atoms with Gasteiger partial charge in [-0.25, -0.2) is 0 Å². The number of likely N-dealkylation sites (tertiary alicyclic amines) is 1. The van der Waals surface area contributed by atoms with Crippen LogP contribution in [-0.2, 0) is 0 Å². The van der Waals surface area contributed by atoms with Crippen molar-refractivity contribution in [1.82, 2.24) is 4.90 Å². The maximum atomic E-state index is 12.9. The van der Waals surface area contributed by atoms with Crippen LogP contribution in [0.25, 0.3) is 11.1 Å². The number of nitrogens with one attached hydrogen (secondary N) is 1. The van der Waals surface area contributed by atoms with Gasteiger partial charge in [0.15, 0.2) is 0 Å². The van der Waals surface area contributed by atoms with Gasteiger partial charge in [0, 0.05) is 34.9 Å². The van der Waals surface area contributed by atoms with Crippen molar-refractivity contribution in [2.45, 2.75) is 18.9 Å². The highest BCUT2D eigenvalue weighted by Crippen LogP contribution is 2.25. The summed E-state index contributed by atoms with van der Waals surface area (Å²) in [6.07, 6.45) is 1.91. The van der Waals surface area contributed by atoms with Crippen LogP contribution in [-0.4, -0.2) is 29.9 Å². The third kappa shape index (κ3) is 4.28. The van der Waals surface area contributed by atoms with Crippen LogP contribution >= 0.6 is 15.9 Å². The minimum Gasteiger partial charge on any atom is -0.381 e. The van der Waals surface area contributed by atoms with Gasteiger partial charge in [-0.05, 0) is 64.2 Å². The highest BCUT2D eigenvalue weighted by Gasteiger charge is 2.23. The van der Waals surface area contributed by atoms with E-state index in [1.807, 2.05) is 65.6 Å². The average Bonchev–Trinajstić information content (AvgIpc) is 2.76. The molecule has 0 aromatic heterocycles. The molecule has 4 rings (SSSR count). The SMILES string of the molecule is O=C(c1ccc(-c2ccccc2)cc1)N1CCC(Nc2ccccc2Br)CC1. The van der Waals surface area contributed by atoms with Crippen LogP contribution in [0.15, 0.2) is 83.3 Å². The second kappa shape index (κ2) is 8.61. The molecule has 4 heteroatoms. The molecule has 1 N–H and O–H groups in total. The van der Waals surface area contributed by atoms with E-state index in [0.717, 1.165) is 47.2 Å². The zero-order valence-corrected chi connectivity index (χ0v) is 17.2. The Balaban J connectivity index is 1.35.